The highest BCUT2D eigenvalue weighted by Gasteiger charge is 2.08. The van der Waals surface area contributed by atoms with E-state index >= 15 is 0 Å². The minimum absolute atomic E-state index is 1.11. The second kappa shape index (κ2) is 3.58. The summed E-state index contributed by atoms with van der Waals surface area (Å²) >= 11 is 3.54. The molecule has 1 heterocycles. The number of rotatable bonds is 1. The van der Waals surface area contributed by atoms with E-state index in [4.69, 9.17) is 0 Å². The first kappa shape index (κ1) is 9.46. The van der Waals surface area contributed by atoms with Crippen LogP contribution in [0.3, 0.4) is 0 Å². The van der Waals surface area contributed by atoms with Crippen molar-refractivity contribution in [3.05, 3.63) is 40.6 Å². The Balaban J connectivity index is 2.60. The van der Waals surface area contributed by atoms with Gasteiger partial charge in [0.25, 0.3) is 0 Å². The van der Waals surface area contributed by atoms with Crippen molar-refractivity contribution in [2.24, 2.45) is 7.05 Å². The normalized spacial score (nSPS) is 10.5. The van der Waals surface area contributed by atoms with E-state index in [1.165, 1.54) is 16.8 Å². The van der Waals surface area contributed by atoms with Crippen LogP contribution in [0.1, 0.15) is 5.69 Å². The molecule has 3 heteroatoms. The highest BCUT2D eigenvalue weighted by molar-refractivity contribution is 9.10. The molecule has 1 aromatic heterocycles. The van der Waals surface area contributed by atoms with E-state index in [1.54, 1.807) is 0 Å². The van der Waals surface area contributed by atoms with E-state index in [2.05, 4.69) is 34.0 Å². The highest BCUT2D eigenvalue weighted by atomic mass is 79.9. The van der Waals surface area contributed by atoms with E-state index in [0.29, 0.717) is 0 Å². The monoisotopic (exact) mass is 250 g/mol. The topological polar surface area (TPSA) is 17.8 Å². The first-order chi connectivity index (χ1) is 6.70. The van der Waals surface area contributed by atoms with Gasteiger partial charge in [0.2, 0.25) is 0 Å². The molecule has 0 aliphatic rings. The van der Waals surface area contributed by atoms with Gasteiger partial charge in [0.15, 0.2) is 0 Å². The van der Waals surface area contributed by atoms with Crippen molar-refractivity contribution in [3.8, 4) is 11.1 Å². The van der Waals surface area contributed by atoms with Gasteiger partial charge in [-0.2, -0.15) is 5.10 Å². The molecule has 0 fully saturated rings. The summed E-state index contributed by atoms with van der Waals surface area (Å²) in [6.07, 6.45) is 1.90. The molecule has 1 aromatic carbocycles. The fourth-order valence-electron chi connectivity index (χ4n) is 1.44. The number of nitrogens with zero attached hydrogens (tertiary/aromatic N) is 2. The van der Waals surface area contributed by atoms with E-state index in [9.17, 15) is 0 Å². The minimum Gasteiger partial charge on any atom is -0.272 e. The Labute approximate surface area is 91.7 Å². The maximum atomic E-state index is 4.23. The second-order valence-corrected chi connectivity index (χ2v) is 4.10. The average Bonchev–Trinajstić information content (AvgIpc) is 2.49. The van der Waals surface area contributed by atoms with Gasteiger partial charge in [0, 0.05) is 22.8 Å². The first-order valence-corrected chi connectivity index (χ1v) is 5.23. The van der Waals surface area contributed by atoms with Crippen molar-refractivity contribution >= 4 is 15.9 Å². The quantitative estimate of drug-likeness (QED) is 0.761. The van der Waals surface area contributed by atoms with Crippen LogP contribution in [0.15, 0.2) is 34.9 Å². The number of hydrogen-bond donors (Lipinski definition) is 0. The molecule has 0 aliphatic heterocycles. The maximum Gasteiger partial charge on any atom is 0.0571 e. The fraction of sp³-hybridized carbons (Fsp3) is 0.182. The Morgan fingerprint density at radius 1 is 1.21 bits per heavy atom. The molecule has 2 nitrogen and oxygen atoms in total. The van der Waals surface area contributed by atoms with Crippen molar-refractivity contribution in [1.29, 1.82) is 0 Å². The van der Waals surface area contributed by atoms with Gasteiger partial charge in [-0.15, -0.1) is 0 Å². The van der Waals surface area contributed by atoms with Crippen LogP contribution in [0.25, 0.3) is 11.1 Å². The molecule has 72 valence electrons. The lowest BCUT2D eigenvalue weighted by Gasteiger charge is -2.02. The van der Waals surface area contributed by atoms with Crippen LogP contribution in [0.4, 0.5) is 0 Å². The molecular weight excluding hydrogens is 240 g/mol. The smallest absolute Gasteiger partial charge is 0.0571 e. The number of halogens is 1. The van der Waals surface area contributed by atoms with Crippen LogP contribution in [-0.2, 0) is 7.05 Å². The Hall–Kier alpha value is -1.09. The molecule has 0 saturated heterocycles. The summed E-state index contributed by atoms with van der Waals surface area (Å²) in [5.41, 5.74) is 3.55. The number of hydrogen-bond acceptors (Lipinski definition) is 1. The summed E-state index contributed by atoms with van der Waals surface area (Å²) in [4.78, 5) is 0. The lowest BCUT2D eigenvalue weighted by Crippen LogP contribution is -1.92. The van der Waals surface area contributed by atoms with Gasteiger partial charge in [-0.3, -0.25) is 4.68 Å². The van der Waals surface area contributed by atoms with E-state index < -0.39 is 0 Å². The van der Waals surface area contributed by atoms with Crippen molar-refractivity contribution in [2.75, 3.05) is 0 Å². The largest absolute Gasteiger partial charge is 0.272 e. The third kappa shape index (κ3) is 1.48. The molecule has 0 spiro atoms. The van der Waals surface area contributed by atoms with Crippen molar-refractivity contribution in [3.63, 3.8) is 0 Å². The Kier molecular flexibility index (Phi) is 2.42. The molecule has 0 radical (unpaired) electrons. The van der Waals surface area contributed by atoms with Gasteiger partial charge < -0.3 is 0 Å². The number of benzene rings is 1. The maximum absolute atomic E-state index is 4.23. The van der Waals surface area contributed by atoms with Crippen LogP contribution in [0.2, 0.25) is 0 Å². The third-order valence-electron chi connectivity index (χ3n) is 2.40. The van der Waals surface area contributed by atoms with Gasteiger partial charge in [-0.25, -0.2) is 0 Å². The minimum atomic E-state index is 1.11. The average molecular weight is 251 g/mol. The zero-order valence-electron chi connectivity index (χ0n) is 8.16. The molecule has 14 heavy (non-hydrogen) atoms. The lowest BCUT2D eigenvalue weighted by atomic mass is 10.1. The Morgan fingerprint density at radius 3 is 2.50 bits per heavy atom. The number of aryl methyl sites for hydroxylation is 1. The van der Waals surface area contributed by atoms with Gasteiger partial charge in [-0.1, -0.05) is 34.1 Å². The zero-order valence-corrected chi connectivity index (χ0v) is 9.75. The van der Waals surface area contributed by atoms with Crippen LogP contribution in [0, 0.1) is 6.92 Å². The Morgan fingerprint density at radius 2 is 1.93 bits per heavy atom. The van der Waals surface area contributed by atoms with Gasteiger partial charge in [0.05, 0.1) is 6.20 Å². The molecule has 2 aromatic rings. The predicted octanol–water partition coefficient (Wildman–Crippen LogP) is 3.16. The Bertz CT molecular complexity index is 460. The van der Waals surface area contributed by atoms with Crippen LogP contribution < -0.4 is 0 Å². The summed E-state index contributed by atoms with van der Waals surface area (Å²) in [5.74, 6) is 0. The standard InChI is InChI=1S/C11H11BrN2/c1-8-10(7-13-14(8)2)9-5-3-4-6-11(9)12/h3-7H,1-2H3. The summed E-state index contributed by atoms with van der Waals surface area (Å²) in [7, 11) is 1.95. The summed E-state index contributed by atoms with van der Waals surface area (Å²) in [6, 6.07) is 8.18. The van der Waals surface area contributed by atoms with Gasteiger partial charge in [0.1, 0.15) is 0 Å². The van der Waals surface area contributed by atoms with E-state index in [0.717, 1.165) is 4.47 Å². The molecule has 0 unspecified atom stereocenters. The van der Waals surface area contributed by atoms with Crippen LogP contribution in [-0.4, -0.2) is 9.78 Å². The molecule has 0 amide bonds. The van der Waals surface area contributed by atoms with Gasteiger partial charge >= 0.3 is 0 Å². The molecular formula is C11H11BrN2. The first-order valence-electron chi connectivity index (χ1n) is 4.43. The van der Waals surface area contributed by atoms with Crippen molar-refractivity contribution in [2.45, 2.75) is 6.92 Å². The molecule has 0 bridgehead atoms. The molecule has 0 atom stereocenters. The molecule has 2 rings (SSSR count). The SMILES string of the molecule is Cc1c(-c2ccccc2Br)cnn1C. The third-order valence-corrected chi connectivity index (χ3v) is 3.09. The lowest BCUT2D eigenvalue weighted by molar-refractivity contribution is 0.740. The van der Waals surface area contributed by atoms with E-state index in [1.807, 2.05) is 36.1 Å². The summed E-state index contributed by atoms with van der Waals surface area (Å²) in [6.45, 7) is 2.07. The summed E-state index contributed by atoms with van der Waals surface area (Å²) in [5, 5.41) is 4.23. The number of aromatic nitrogens is 2. The van der Waals surface area contributed by atoms with Gasteiger partial charge in [-0.05, 0) is 18.6 Å². The predicted molar refractivity (Wildman–Crippen MR) is 61.1 cm³/mol. The molecule has 0 saturated carbocycles. The fourth-order valence-corrected chi connectivity index (χ4v) is 1.94. The van der Waals surface area contributed by atoms with Crippen molar-refractivity contribution in [1.82, 2.24) is 9.78 Å². The van der Waals surface area contributed by atoms with Crippen molar-refractivity contribution < 1.29 is 0 Å². The molecule has 0 aliphatic carbocycles. The second-order valence-electron chi connectivity index (χ2n) is 3.25. The summed E-state index contributed by atoms with van der Waals surface area (Å²) < 4.78 is 2.99. The zero-order chi connectivity index (χ0) is 10.1. The van der Waals surface area contributed by atoms with Crippen LogP contribution in [0.5, 0.6) is 0 Å². The van der Waals surface area contributed by atoms with E-state index in [-0.39, 0.29) is 0 Å². The highest BCUT2D eigenvalue weighted by Crippen LogP contribution is 2.29. The molecule has 0 N–H and O–H groups in total. The van der Waals surface area contributed by atoms with Crippen LogP contribution >= 0.6 is 15.9 Å².